The molecule has 0 spiro atoms. The van der Waals surface area contributed by atoms with Crippen LogP contribution in [0.3, 0.4) is 0 Å². The molecule has 1 saturated heterocycles. The number of rotatable bonds is 2. The second-order valence-corrected chi connectivity index (χ2v) is 6.87. The third-order valence-corrected chi connectivity index (χ3v) is 5.49. The van der Waals surface area contributed by atoms with E-state index in [1.165, 1.54) is 12.0 Å². The molecule has 19 heavy (non-hydrogen) atoms. The normalized spacial score (nSPS) is 49.2. The molecule has 2 fully saturated rings. The lowest BCUT2D eigenvalue weighted by atomic mass is 9.74. The first kappa shape index (κ1) is 13.6. The topological polar surface area (TPSA) is 47.9 Å². The Labute approximate surface area is 114 Å². The van der Waals surface area contributed by atoms with Crippen molar-refractivity contribution in [2.75, 3.05) is 0 Å². The highest BCUT2D eigenvalue weighted by Gasteiger charge is 2.60. The highest BCUT2D eigenvalue weighted by molar-refractivity contribution is 5.25. The minimum Gasteiger partial charge on any atom is -0.251 e. The van der Waals surface area contributed by atoms with Crippen LogP contribution in [0.5, 0.6) is 0 Å². The highest BCUT2D eigenvalue weighted by Crippen LogP contribution is 2.55. The van der Waals surface area contributed by atoms with Gasteiger partial charge in [-0.25, -0.2) is 14.7 Å². The van der Waals surface area contributed by atoms with E-state index in [2.05, 4.69) is 20.8 Å². The summed E-state index contributed by atoms with van der Waals surface area (Å²) in [6.07, 6.45) is 3.89. The molecule has 4 nitrogen and oxygen atoms in total. The molecule has 108 valence electrons. The fraction of sp³-hybridized carbons (Fsp3) is 0.867. The van der Waals surface area contributed by atoms with Crippen LogP contribution in [0.4, 0.5) is 0 Å². The van der Waals surface area contributed by atoms with Gasteiger partial charge < -0.3 is 0 Å². The van der Waals surface area contributed by atoms with Gasteiger partial charge >= 0.3 is 0 Å². The average Bonchev–Trinajstić information content (AvgIpc) is 2.64. The Morgan fingerprint density at radius 1 is 1.42 bits per heavy atom. The van der Waals surface area contributed by atoms with Gasteiger partial charge in [-0.1, -0.05) is 20.8 Å². The molecule has 1 N–H and O–H groups in total. The summed E-state index contributed by atoms with van der Waals surface area (Å²) in [4.78, 5) is 16.2. The van der Waals surface area contributed by atoms with Crippen molar-refractivity contribution < 1.29 is 19.9 Å². The van der Waals surface area contributed by atoms with Crippen molar-refractivity contribution in [2.24, 2.45) is 23.7 Å². The van der Waals surface area contributed by atoms with Gasteiger partial charge in [-0.2, -0.15) is 0 Å². The molecule has 0 aromatic carbocycles. The van der Waals surface area contributed by atoms with Gasteiger partial charge in [-0.3, -0.25) is 5.26 Å². The van der Waals surface area contributed by atoms with Crippen LogP contribution in [0.1, 0.15) is 40.5 Å². The van der Waals surface area contributed by atoms with Gasteiger partial charge in [-0.15, -0.1) is 0 Å². The number of hydrogen-bond acceptors (Lipinski definition) is 4. The van der Waals surface area contributed by atoms with Crippen molar-refractivity contribution >= 4 is 0 Å². The van der Waals surface area contributed by atoms with Gasteiger partial charge in [0, 0.05) is 5.92 Å². The van der Waals surface area contributed by atoms with E-state index in [1.807, 2.05) is 13.0 Å². The fourth-order valence-electron chi connectivity index (χ4n) is 4.31. The summed E-state index contributed by atoms with van der Waals surface area (Å²) < 4.78 is 0. The van der Waals surface area contributed by atoms with Gasteiger partial charge in [0.1, 0.15) is 17.8 Å². The molecule has 2 bridgehead atoms. The van der Waals surface area contributed by atoms with Crippen molar-refractivity contribution in [3.63, 3.8) is 0 Å². The van der Waals surface area contributed by atoms with E-state index < -0.39 is 11.7 Å². The first-order valence-corrected chi connectivity index (χ1v) is 7.35. The average molecular weight is 268 g/mol. The van der Waals surface area contributed by atoms with Crippen LogP contribution >= 0.6 is 0 Å². The first-order valence-electron chi connectivity index (χ1n) is 7.35. The zero-order valence-corrected chi connectivity index (χ0v) is 12.1. The van der Waals surface area contributed by atoms with Crippen LogP contribution < -0.4 is 0 Å². The second kappa shape index (κ2) is 4.55. The highest BCUT2D eigenvalue weighted by atomic mass is 17.2. The molecule has 0 aromatic heterocycles. The lowest BCUT2D eigenvalue weighted by Crippen LogP contribution is -2.54. The number of fused-ring (bicyclic) bond motifs is 2. The molecule has 4 heteroatoms. The minimum atomic E-state index is -0.586. The van der Waals surface area contributed by atoms with Crippen molar-refractivity contribution in [1.82, 2.24) is 0 Å². The summed E-state index contributed by atoms with van der Waals surface area (Å²) in [7, 11) is 0. The Morgan fingerprint density at radius 3 is 2.79 bits per heavy atom. The summed E-state index contributed by atoms with van der Waals surface area (Å²) in [5.41, 5.74) is 0.612. The van der Waals surface area contributed by atoms with Crippen LogP contribution in [-0.2, 0) is 14.7 Å². The lowest BCUT2D eigenvalue weighted by Gasteiger charge is -2.45. The molecule has 4 rings (SSSR count). The van der Waals surface area contributed by atoms with E-state index in [9.17, 15) is 5.26 Å². The molecule has 2 aliphatic heterocycles. The third-order valence-electron chi connectivity index (χ3n) is 5.49. The molecule has 0 amide bonds. The van der Waals surface area contributed by atoms with Gasteiger partial charge in [0.2, 0.25) is 0 Å². The van der Waals surface area contributed by atoms with E-state index in [0.29, 0.717) is 23.7 Å². The van der Waals surface area contributed by atoms with Crippen molar-refractivity contribution in [2.45, 2.75) is 58.3 Å². The lowest BCUT2D eigenvalue weighted by molar-refractivity contribution is -0.450. The van der Waals surface area contributed by atoms with Crippen molar-refractivity contribution in [3.05, 3.63) is 11.6 Å². The molecule has 4 aliphatic rings. The Kier molecular flexibility index (Phi) is 3.25. The molecule has 0 aromatic rings. The van der Waals surface area contributed by atoms with Crippen molar-refractivity contribution in [3.8, 4) is 0 Å². The van der Waals surface area contributed by atoms with E-state index >= 15 is 0 Å². The van der Waals surface area contributed by atoms with Crippen LogP contribution in [0.25, 0.3) is 0 Å². The predicted octanol–water partition coefficient (Wildman–Crippen LogP) is 3.19. The monoisotopic (exact) mass is 268 g/mol. The maximum atomic E-state index is 9.31. The summed E-state index contributed by atoms with van der Waals surface area (Å²) in [6.45, 7) is 8.60. The molecule has 0 radical (unpaired) electrons. The predicted molar refractivity (Wildman–Crippen MR) is 70.2 cm³/mol. The summed E-state index contributed by atoms with van der Waals surface area (Å²) in [5.74, 6) is 1.83. The van der Waals surface area contributed by atoms with Crippen LogP contribution in [0, 0.1) is 23.7 Å². The molecule has 2 aliphatic carbocycles. The van der Waals surface area contributed by atoms with E-state index in [0.717, 1.165) is 6.42 Å². The van der Waals surface area contributed by atoms with Crippen LogP contribution in [0.15, 0.2) is 11.6 Å². The largest absolute Gasteiger partial charge is 0.251 e. The van der Waals surface area contributed by atoms with E-state index in [1.54, 1.807) is 0 Å². The molecular weight excluding hydrogens is 244 g/mol. The molecular formula is C15H24O4. The summed E-state index contributed by atoms with van der Waals surface area (Å²) in [5, 5.41) is 9.31. The second-order valence-electron chi connectivity index (χ2n) is 6.87. The molecule has 2 heterocycles. The van der Waals surface area contributed by atoms with Crippen molar-refractivity contribution in [1.29, 1.82) is 0 Å². The first-order chi connectivity index (χ1) is 8.99. The quantitative estimate of drug-likeness (QED) is 0.474. The Balaban J connectivity index is 2.08. The number of hydrogen-bond donors (Lipinski definition) is 1. The third kappa shape index (κ3) is 1.81. The van der Waals surface area contributed by atoms with Crippen LogP contribution in [0.2, 0.25) is 0 Å². The van der Waals surface area contributed by atoms with Gasteiger partial charge in [0.15, 0.2) is 0 Å². The van der Waals surface area contributed by atoms with E-state index in [4.69, 9.17) is 14.7 Å². The Hall–Kier alpha value is -0.420. The smallest absolute Gasteiger partial charge is 0.143 e. The minimum absolute atomic E-state index is 0.00993. The molecule has 0 unspecified atom stereocenters. The fourth-order valence-corrected chi connectivity index (χ4v) is 4.31. The van der Waals surface area contributed by atoms with Gasteiger partial charge in [0.25, 0.3) is 0 Å². The van der Waals surface area contributed by atoms with Gasteiger partial charge in [-0.05, 0) is 49.2 Å². The van der Waals surface area contributed by atoms with Crippen LogP contribution in [-0.4, -0.2) is 23.1 Å². The van der Waals surface area contributed by atoms with Gasteiger partial charge in [0.05, 0.1) is 0 Å². The molecule has 6 atom stereocenters. The standard InChI is InChI=1S/C15H24O4/c1-8(2)10-7-12(17-16)15(4)11-6-5-9(3)13(11)14(10)18-19-15/h7-9,11-14,16H,5-6H2,1-4H3/t9-,11+,12+,13-,14-,15-/m1/s1. The summed E-state index contributed by atoms with van der Waals surface area (Å²) in [6, 6.07) is 0. The maximum Gasteiger partial charge on any atom is 0.143 e. The molecule has 1 saturated carbocycles. The zero-order chi connectivity index (χ0) is 13.8. The Bertz CT molecular complexity index is 392. The zero-order valence-electron chi connectivity index (χ0n) is 12.1. The SMILES string of the molecule is CC(C)C1=C[C@H](OO)[C@]2(C)OO[C@H]1[C@@H]1[C@H](C)CC[C@@H]12. The maximum absolute atomic E-state index is 9.31. The summed E-state index contributed by atoms with van der Waals surface area (Å²) >= 11 is 0. The van der Waals surface area contributed by atoms with E-state index in [-0.39, 0.29) is 6.10 Å². The Morgan fingerprint density at radius 2 is 2.16 bits per heavy atom.